The predicted molar refractivity (Wildman–Crippen MR) is 174 cm³/mol. The summed E-state index contributed by atoms with van der Waals surface area (Å²) in [4.78, 5) is 30.9. The highest BCUT2D eigenvalue weighted by Gasteiger charge is 2.36. The Hall–Kier alpha value is -4.44. The number of morpholine rings is 1. The van der Waals surface area contributed by atoms with Crippen LogP contribution in [-0.2, 0) is 10.2 Å². The first kappa shape index (κ1) is 28.3. The Morgan fingerprint density at radius 3 is 2.43 bits per heavy atom. The predicted octanol–water partition coefficient (Wildman–Crippen LogP) is 5.82. The minimum absolute atomic E-state index is 0.0524. The number of imidazole rings is 1. The zero-order chi connectivity index (χ0) is 30.3. The number of hydrogen-bond acceptors (Lipinski definition) is 8. The molecule has 4 aromatic heterocycles. The number of anilines is 2. The third-order valence-electron chi connectivity index (χ3n) is 9.18. The van der Waals surface area contributed by atoms with Crippen LogP contribution in [0.2, 0.25) is 0 Å². The molecular formula is C34H40N8O2. The van der Waals surface area contributed by atoms with E-state index < -0.39 is 0 Å². The summed E-state index contributed by atoms with van der Waals surface area (Å²) in [6.45, 7) is 14.2. The van der Waals surface area contributed by atoms with Crippen LogP contribution in [0, 0.1) is 13.8 Å². The largest absolute Gasteiger partial charge is 0.494 e. The number of H-pyrrole nitrogens is 2. The smallest absolute Gasteiger partial charge is 0.143 e. The van der Waals surface area contributed by atoms with Crippen molar-refractivity contribution in [3.63, 3.8) is 0 Å². The molecule has 0 saturated carbocycles. The second kappa shape index (κ2) is 11.6. The van der Waals surface area contributed by atoms with Crippen molar-refractivity contribution in [3.05, 3.63) is 66.0 Å². The van der Waals surface area contributed by atoms with Crippen LogP contribution in [0.5, 0.6) is 5.75 Å². The summed E-state index contributed by atoms with van der Waals surface area (Å²) in [5.74, 6) is 3.94. The van der Waals surface area contributed by atoms with Gasteiger partial charge < -0.3 is 29.2 Å². The van der Waals surface area contributed by atoms with E-state index in [4.69, 9.17) is 24.4 Å². The molecule has 2 aliphatic rings. The highest BCUT2D eigenvalue weighted by Crippen LogP contribution is 2.38. The molecule has 228 valence electrons. The average molecular weight is 593 g/mol. The second-order valence-corrected chi connectivity index (χ2v) is 12.2. The molecule has 0 aliphatic carbocycles. The Kier molecular flexibility index (Phi) is 7.45. The lowest BCUT2D eigenvalue weighted by Crippen LogP contribution is -2.42. The van der Waals surface area contributed by atoms with Crippen LogP contribution in [0.3, 0.4) is 0 Å². The van der Waals surface area contributed by atoms with Gasteiger partial charge in [-0.25, -0.2) is 19.9 Å². The maximum absolute atomic E-state index is 5.75. The minimum Gasteiger partial charge on any atom is -0.494 e. The van der Waals surface area contributed by atoms with E-state index in [1.54, 1.807) is 6.33 Å². The monoisotopic (exact) mass is 592 g/mol. The number of rotatable bonds is 7. The van der Waals surface area contributed by atoms with E-state index >= 15 is 0 Å². The van der Waals surface area contributed by atoms with E-state index in [9.17, 15) is 0 Å². The molecule has 2 saturated heterocycles. The van der Waals surface area contributed by atoms with Gasteiger partial charge in [-0.15, -0.1) is 0 Å². The van der Waals surface area contributed by atoms with E-state index in [1.165, 1.54) is 0 Å². The van der Waals surface area contributed by atoms with E-state index in [0.29, 0.717) is 6.61 Å². The number of nitrogens with one attached hydrogen (secondary N) is 2. The molecule has 0 amide bonds. The maximum Gasteiger partial charge on any atom is 0.143 e. The summed E-state index contributed by atoms with van der Waals surface area (Å²) in [6.07, 6.45) is 5.53. The van der Waals surface area contributed by atoms with Gasteiger partial charge in [-0.1, -0.05) is 6.92 Å². The molecule has 10 nitrogen and oxygen atoms in total. The molecule has 7 rings (SSSR count). The van der Waals surface area contributed by atoms with Crippen LogP contribution in [0.15, 0.2) is 48.9 Å². The van der Waals surface area contributed by atoms with Gasteiger partial charge in [0.2, 0.25) is 0 Å². The second-order valence-electron chi connectivity index (χ2n) is 12.2. The normalized spacial score (nSPS) is 16.9. The molecule has 0 atom stereocenters. The molecule has 1 aromatic carbocycles. The third-order valence-corrected chi connectivity index (χ3v) is 9.18. The van der Waals surface area contributed by atoms with Crippen LogP contribution < -0.4 is 14.5 Å². The quantitative estimate of drug-likeness (QED) is 0.243. The van der Waals surface area contributed by atoms with Crippen molar-refractivity contribution in [2.45, 2.75) is 46.0 Å². The molecular weight excluding hydrogens is 552 g/mol. The van der Waals surface area contributed by atoms with Gasteiger partial charge in [0.15, 0.2) is 0 Å². The lowest BCUT2D eigenvalue weighted by Gasteiger charge is -2.38. The first-order chi connectivity index (χ1) is 21.4. The van der Waals surface area contributed by atoms with Crippen molar-refractivity contribution in [1.82, 2.24) is 29.9 Å². The van der Waals surface area contributed by atoms with Crippen molar-refractivity contribution >= 4 is 22.7 Å². The zero-order valence-corrected chi connectivity index (χ0v) is 26.0. The SMILES string of the molecule is CCOc1ccc(-c2[nH]c(C3(C)CCN(c4ncnc5[nH]c(-c6ccc(N7CCOCC7)nc6)cc45)CC3)nc2C)cc1C. The van der Waals surface area contributed by atoms with Gasteiger partial charge in [-0.2, -0.15) is 0 Å². The molecule has 0 spiro atoms. The standard InChI is InChI=1S/C34H40N8O2/c1-5-44-28-8-6-24(18-22(28)2)30-23(3)38-33(40-30)34(4)10-12-42(13-11-34)32-26-19-27(39-31(26)36-21-37-32)25-7-9-29(35-20-25)41-14-16-43-17-15-41/h6-9,18-21H,5,10-17H2,1-4H3,(H,38,40)(H,36,37,39). The van der Waals surface area contributed by atoms with Gasteiger partial charge in [-0.05, 0) is 75.6 Å². The third kappa shape index (κ3) is 5.27. The summed E-state index contributed by atoms with van der Waals surface area (Å²) in [5.41, 5.74) is 7.19. The van der Waals surface area contributed by atoms with E-state index in [1.807, 2.05) is 13.1 Å². The number of fused-ring (bicyclic) bond motifs is 1. The molecule has 5 aromatic rings. The van der Waals surface area contributed by atoms with Crippen LogP contribution in [0.25, 0.3) is 33.5 Å². The molecule has 0 unspecified atom stereocenters. The summed E-state index contributed by atoms with van der Waals surface area (Å²) in [6, 6.07) is 12.7. The summed E-state index contributed by atoms with van der Waals surface area (Å²) >= 11 is 0. The van der Waals surface area contributed by atoms with Gasteiger partial charge in [0.25, 0.3) is 0 Å². The van der Waals surface area contributed by atoms with Crippen molar-refractivity contribution in [1.29, 1.82) is 0 Å². The molecule has 2 fully saturated rings. The lowest BCUT2D eigenvalue weighted by atomic mass is 9.79. The number of ether oxygens (including phenoxy) is 2. The molecule has 44 heavy (non-hydrogen) atoms. The summed E-state index contributed by atoms with van der Waals surface area (Å²) < 4.78 is 11.2. The Morgan fingerprint density at radius 1 is 0.909 bits per heavy atom. The van der Waals surface area contributed by atoms with Gasteiger partial charge in [-0.3, -0.25) is 0 Å². The van der Waals surface area contributed by atoms with Crippen LogP contribution >= 0.6 is 0 Å². The van der Waals surface area contributed by atoms with Crippen molar-refractivity contribution in [2.24, 2.45) is 0 Å². The highest BCUT2D eigenvalue weighted by atomic mass is 16.5. The van der Waals surface area contributed by atoms with E-state index in [0.717, 1.165) is 120 Å². The van der Waals surface area contributed by atoms with Crippen molar-refractivity contribution in [2.75, 3.05) is 55.8 Å². The fourth-order valence-corrected chi connectivity index (χ4v) is 6.46. The Balaban J connectivity index is 1.08. The Morgan fingerprint density at radius 2 is 1.70 bits per heavy atom. The average Bonchev–Trinajstić information content (AvgIpc) is 3.67. The molecule has 2 aliphatic heterocycles. The topological polar surface area (TPSA) is 108 Å². The minimum atomic E-state index is -0.0524. The number of aryl methyl sites for hydroxylation is 2. The van der Waals surface area contributed by atoms with Crippen molar-refractivity contribution < 1.29 is 9.47 Å². The first-order valence-corrected chi connectivity index (χ1v) is 15.6. The van der Waals surface area contributed by atoms with Gasteiger partial charge in [0.05, 0.1) is 36.6 Å². The molecule has 6 heterocycles. The molecule has 2 N–H and O–H groups in total. The number of hydrogen-bond donors (Lipinski definition) is 2. The fourth-order valence-electron chi connectivity index (χ4n) is 6.46. The lowest BCUT2D eigenvalue weighted by molar-refractivity contribution is 0.122. The van der Waals surface area contributed by atoms with Crippen LogP contribution in [-0.4, -0.2) is 75.9 Å². The Labute approximate surface area is 257 Å². The molecule has 10 heteroatoms. The number of aromatic amines is 2. The van der Waals surface area contributed by atoms with Crippen LogP contribution in [0.4, 0.5) is 11.6 Å². The van der Waals surface area contributed by atoms with Gasteiger partial charge in [0.1, 0.15) is 35.2 Å². The Bertz CT molecular complexity index is 1760. The highest BCUT2D eigenvalue weighted by molar-refractivity contribution is 5.92. The summed E-state index contributed by atoms with van der Waals surface area (Å²) in [7, 11) is 0. The van der Waals surface area contributed by atoms with Crippen LogP contribution in [0.1, 0.15) is 43.8 Å². The van der Waals surface area contributed by atoms with E-state index in [-0.39, 0.29) is 5.41 Å². The fraction of sp³-hybridized carbons (Fsp3) is 0.412. The first-order valence-electron chi connectivity index (χ1n) is 15.6. The number of nitrogens with zero attached hydrogens (tertiary/aromatic N) is 6. The van der Waals surface area contributed by atoms with E-state index in [2.05, 4.69) is 81.9 Å². The van der Waals surface area contributed by atoms with Crippen molar-refractivity contribution in [3.8, 4) is 28.3 Å². The van der Waals surface area contributed by atoms with Gasteiger partial charge >= 0.3 is 0 Å². The number of piperidine rings is 1. The number of pyridine rings is 1. The summed E-state index contributed by atoms with van der Waals surface area (Å²) in [5, 5.41) is 1.03. The molecule has 0 radical (unpaired) electrons. The van der Waals surface area contributed by atoms with Gasteiger partial charge in [0, 0.05) is 54.6 Å². The zero-order valence-electron chi connectivity index (χ0n) is 26.0. The number of benzene rings is 1. The molecule has 0 bridgehead atoms. The number of aromatic nitrogens is 6. The maximum atomic E-state index is 5.75.